The monoisotopic (exact) mass is 257 g/mol. The molecular weight excluding hydrogens is 226 g/mol. The number of aliphatic hydroxyl groups is 1. The van der Waals surface area contributed by atoms with Crippen LogP contribution in [0.25, 0.3) is 0 Å². The molecule has 0 radical (unpaired) electrons. The minimum Gasteiger partial charge on any atom is -0.389 e. The predicted octanol–water partition coefficient (Wildman–Crippen LogP) is 0.748. The molecule has 1 fully saturated rings. The van der Waals surface area contributed by atoms with Crippen molar-refractivity contribution in [3.63, 3.8) is 0 Å². The Kier molecular flexibility index (Phi) is 6.05. The fraction of sp³-hybridized carbons (Fsp3) is 1.00. The van der Waals surface area contributed by atoms with Gasteiger partial charge in [-0.25, -0.2) is 0 Å². The van der Waals surface area contributed by atoms with Gasteiger partial charge in [0.2, 0.25) is 0 Å². The molecule has 1 heterocycles. The molecule has 0 amide bonds. The van der Waals surface area contributed by atoms with Crippen LogP contribution in [0.4, 0.5) is 0 Å². The van der Waals surface area contributed by atoms with E-state index in [1.165, 1.54) is 6.54 Å². The maximum atomic E-state index is 10.0. The van der Waals surface area contributed by atoms with Gasteiger partial charge in [0.1, 0.15) is 0 Å². The van der Waals surface area contributed by atoms with Gasteiger partial charge >= 0.3 is 0 Å². The van der Waals surface area contributed by atoms with Crippen LogP contribution in [0, 0.1) is 5.92 Å². The fourth-order valence-electron chi connectivity index (χ4n) is 2.75. The van der Waals surface area contributed by atoms with Crippen molar-refractivity contribution in [3.8, 4) is 0 Å². The van der Waals surface area contributed by atoms with Crippen LogP contribution in [-0.2, 0) is 0 Å². The summed E-state index contributed by atoms with van der Waals surface area (Å²) in [7, 11) is 0. The third kappa shape index (κ3) is 5.22. The summed E-state index contributed by atoms with van der Waals surface area (Å²) < 4.78 is 0. The molecule has 108 valence electrons. The molecule has 3 N–H and O–H groups in total. The number of piperazine rings is 1. The quantitative estimate of drug-likeness (QED) is 0.737. The zero-order valence-corrected chi connectivity index (χ0v) is 12.5. The number of hydrogen-bond acceptors (Lipinski definition) is 4. The molecule has 0 aliphatic carbocycles. The molecule has 0 bridgehead atoms. The van der Waals surface area contributed by atoms with Crippen LogP contribution in [0.1, 0.15) is 34.1 Å². The highest BCUT2D eigenvalue weighted by Crippen LogP contribution is 2.17. The van der Waals surface area contributed by atoms with E-state index in [1.807, 2.05) is 6.92 Å². The fourth-order valence-corrected chi connectivity index (χ4v) is 2.75. The van der Waals surface area contributed by atoms with Gasteiger partial charge in [0.25, 0.3) is 0 Å². The number of rotatable bonds is 6. The molecule has 2 atom stereocenters. The summed E-state index contributed by atoms with van der Waals surface area (Å²) in [6.45, 7) is 14.6. The molecule has 0 aromatic heterocycles. The molecule has 2 unspecified atom stereocenters. The van der Waals surface area contributed by atoms with Gasteiger partial charge in [-0.2, -0.15) is 0 Å². The highest BCUT2D eigenvalue weighted by atomic mass is 16.3. The van der Waals surface area contributed by atoms with Crippen LogP contribution in [0.3, 0.4) is 0 Å². The number of hydrogen-bond donors (Lipinski definition) is 2. The second-order valence-electron chi connectivity index (χ2n) is 6.48. The molecule has 0 aromatic carbocycles. The van der Waals surface area contributed by atoms with Crippen molar-refractivity contribution < 1.29 is 5.11 Å². The molecule has 1 aliphatic heterocycles. The van der Waals surface area contributed by atoms with Crippen LogP contribution in [-0.4, -0.2) is 65.8 Å². The zero-order chi connectivity index (χ0) is 13.8. The van der Waals surface area contributed by atoms with Crippen molar-refractivity contribution in [1.82, 2.24) is 9.80 Å². The Labute approximate surface area is 112 Å². The molecule has 0 saturated carbocycles. The summed E-state index contributed by atoms with van der Waals surface area (Å²) in [4.78, 5) is 5.01. The van der Waals surface area contributed by atoms with Crippen molar-refractivity contribution in [2.24, 2.45) is 11.7 Å². The van der Waals surface area contributed by atoms with Crippen molar-refractivity contribution in [3.05, 3.63) is 0 Å². The minimum atomic E-state index is -0.728. The lowest BCUT2D eigenvalue weighted by molar-refractivity contribution is 0.0150. The number of nitrogens with two attached hydrogens (primary N) is 1. The summed E-state index contributed by atoms with van der Waals surface area (Å²) in [5.74, 6) is 0.743. The average molecular weight is 257 g/mol. The lowest BCUT2D eigenvalue weighted by atomic mass is 9.96. The van der Waals surface area contributed by atoms with Crippen molar-refractivity contribution in [1.29, 1.82) is 0 Å². The van der Waals surface area contributed by atoms with Crippen molar-refractivity contribution in [2.75, 3.05) is 39.3 Å². The molecule has 1 saturated heterocycles. The van der Waals surface area contributed by atoms with Gasteiger partial charge in [-0.3, -0.25) is 4.90 Å². The highest BCUT2D eigenvalue weighted by molar-refractivity contribution is 4.83. The molecule has 1 aliphatic rings. The van der Waals surface area contributed by atoms with E-state index in [2.05, 4.69) is 30.6 Å². The molecule has 4 nitrogen and oxygen atoms in total. The van der Waals surface area contributed by atoms with E-state index in [0.717, 1.165) is 38.5 Å². The normalized spacial score (nSPS) is 24.2. The highest BCUT2D eigenvalue weighted by Gasteiger charge is 2.27. The standard InChI is InChI=1S/C14H31N3O/c1-12(2)10-16-5-7-17(8-6-16)13(3)9-14(4,18)11-15/h12-13,18H,5-11,15H2,1-4H3. The molecule has 4 heteroatoms. The molecule has 1 rings (SSSR count). The summed E-state index contributed by atoms with van der Waals surface area (Å²) in [6.07, 6.45) is 0.758. The van der Waals surface area contributed by atoms with Gasteiger partial charge in [0.05, 0.1) is 5.60 Å². The lowest BCUT2D eigenvalue weighted by Crippen LogP contribution is -2.52. The summed E-state index contributed by atoms with van der Waals surface area (Å²) >= 11 is 0. The Morgan fingerprint density at radius 2 is 1.72 bits per heavy atom. The van der Waals surface area contributed by atoms with Crippen LogP contribution in [0.2, 0.25) is 0 Å². The maximum absolute atomic E-state index is 10.0. The van der Waals surface area contributed by atoms with E-state index in [1.54, 1.807) is 0 Å². The van der Waals surface area contributed by atoms with Gasteiger partial charge in [-0.05, 0) is 26.2 Å². The van der Waals surface area contributed by atoms with Crippen LogP contribution in [0.5, 0.6) is 0 Å². The van der Waals surface area contributed by atoms with Crippen LogP contribution >= 0.6 is 0 Å². The van der Waals surface area contributed by atoms with Gasteiger partial charge in [-0.15, -0.1) is 0 Å². The third-order valence-electron chi connectivity index (χ3n) is 3.83. The third-order valence-corrected chi connectivity index (χ3v) is 3.83. The first-order valence-electron chi connectivity index (χ1n) is 7.23. The Hall–Kier alpha value is -0.160. The second-order valence-corrected chi connectivity index (χ2v) is 6.48. The summed E-state index contributed by atoms with van der Waals surface area (Å²) in [5.41, 5.74) is 4.86. The minimum absolute atomic E-state index is 0.338. The first-order chi connectivity index (χ1) is 8.34. The molecule has 0 aromatic rings. The zero-order valence-electron chi connectivity index (χ0n) is 12.5. The topological polar surface area (TPSA) is 52.7 Å². The van der Waals surface area contributed by atoms with Crippen LogP contribution in [0.15, 0.2) is 0 Å². The van der Waals surface area contributed by atoms with E-state index in [4.69, 9.17) is 5.73 Å². The first kappa shape index (κ1) is 15.9. The van der Waals surface area contributed by atoms with Gasteiger partial charge in [0, 0.05) is 45.3 Å². The smallest absolute Gasteiger partial charge is 0.0756 e. The van der Waals surface area contributed by atoms with Gasteiger partial charge in [0.15, 0.2) is 0 Å². The van der Waals surface area contributed by atoms with E-state index in [0.29, 0.717) is 12.6 Å². The Morgan fingerprint density at radius 1 is 1.17 bits per heavy atom. The average Bonchev–Trinajstić information content (AvgIpc) is 2.28. The van der Waals surface area contributed by atoms with Crippen molar-refractivity contribution >= 4 is 0 Å². The SMILES string of the molecule is CC(C)CN1CCN(C(C)CC(C)(O)CN)CC1. The van der Waals surface area contributed by atoms with Crippen molar-refractivity contribution in [2.45, 2.75) is 45.8 Å². The number of nitrogens with zero attached hydrogens (tertiary/aromatic N) is 2. The van der Waals surface area contributed by atoms with E-state index >= 15 is 0 Å². The summed E-state index contributed by atoms with van der Waals surface area (Å²) in [6, 6.07) is 0.407. The summed E-state index contributed by atoms with van der Waals surface area (Å²) in [5, 5.41) is 10.0. The van der Waals surface area contributed by atoms with Gasteiger partial charge < -0.3 is 15.7 Å². The second kappa shape index (κ2) is 6.85. The predicted molar refractivity (Wildman–Crippen MR) is 76.6 cm³/mol. The van der Waals surface area contributed by atoms with Gasteiger partial charge in [-0.1, -0.05) is 13.8 Å². The lowest BCUT2D eigenvalue weighted by Gasteiger charge is -2.40. The first-order valence-corrected chi connectivity index (χ1v) is 7.23. The molecular formula is C14H31N3O. The maximum Gasteiger partial charge on any atom is 0.0756 e. The molecule has 0 spiro atoms. The Balaban J connectivity index is 2.34. The largest absolute Gasteiger partial charge is 0.389 e. The Morgan fingerprint density at radius 3 is 2.17 bits per heavy atom. The van der Waals surface area contributed by atoms with Crippen LogP contribution < -0.4 is 5.73 Å². The van der Waals surface area contributed by atoms with E-state index in [-0.39, 0.29) is 0 Å². The van der Waals surface area contributed by atoms with E-state index in [9.17, 15) is 5.11 Å². The Bertz CT molecular complexity index is 235. The van der Waals surface area contributed by atoms with E-state index < -0.39 is 5.60 Å². The molecule has 18 heavy (non-hydrogen) atoms.